The SMILES string of the molecule is Cc1cc(C#N)nc(N2CCC(C)C(CN)C2)n1. The van der Waals surface area contributed by atoms with Gasteiger partial charge in [-0.3, -0.25) is 0 Å². The molecule has 0 aliphatic carbocycles. The largest absolute Gasteiger partial charge is 0.340 e. The van der Waals surface area contributed by atoms with E-state index >= 15 is 0 Å². The van der Waals surface area contributed by atoms with Crippen LogP contribution in [0.5, 0.6) is 0 Å². The number of rotatable bonds is 2. The van der Waals surface area contributed by atoms with Gasteiger partial charge in [0.15, 0.2) is 0 Å². The number of hydrogen-bond acceptors (Lipinski definition) is 5. The van der Waals surface area contributed by atoms with Crippen molar-refractivity contribution in [1.29, 1.82) is 5.26 Å². The Bertz CT molecular complexity index is 465. The van der Waals surface area contributed by atoms with Crippen molar-refractivity contribution in [2.24, 2.45) is 17.6 Å². The lowest BCUT2D eigenvalue weighted by molar-refractivity contribution is 0.305. The predicted molar refractivity (Wildman–Crippen MR) is 70.0 cm³/mol. The van der Waals surface area contributed by atoms with Gasteiger partial charge in [0.1, 0.15) is 11.8 Å². The zero-order valence-electron chi connectivity index (χ0n) is 10.9. The van der Waals surface area contributed by atoms with E-state index in [1.807, 2.05) is 6.92 Å². The number of aryl methyl sites for hydroxylation is 1. The standard InChI is InChI=1S/C13H19N5/c1-9-3-4-18(8-11(9)6-14)13-16-10(2)5-12(7-15)17-13/h5,9,11H,3-4,6,8,14H2,1-2H3. The molecule has 0 radical (unpaired) electrons. The maximum absolute atomic E-state index is 8.95. The van der Waals surface area contributed by atoms with Crippen LogP contribution in [0.25, 0.3) is 0 Å². The summed E-state index contributed by atoms with van der Waals surface area (Å²) in [5, 5.41) is 8.95. The van der Waals surface area contributed by atoms with Crippen LogP contribution in [0.15, 0.2) is 6.07 Å². The second-order valence-corrected chi connectivity index (χ2v) is 5.01. The molecule has 18 heavy (non-hydrogen) atoms. The highest BCUT2D eigenvalue weighted by Gasteiger charge is 2.26. The molecule has 5 heteroatoms. The van der Waals surface area contributed by atoms with Crippen LogP contribution in [0.1, 0.15) is 24.7 Å². The zero-order valence-corrected chi connectivity index (χ0v) is 10.9. The van der Waals surface area contributed by atoms with Crippen molar-refractivity contribution in [1.82, 2.24) is 9.97 Å². The van der Waals surface area contributed by atoms with Gasteiger partial charge in [0.2, 0.25) is 5.95 Å². The van der Waals surface area contributed by atoms with Crippen molar-refractivity contribution >= 4 is 5.95 Å². The van der Waals surface area contributed by atoms with Crippen molar-refractivity contribution in [3.63, 3.8) is 0 Å². The van der Waals surface area contributed by atoms with E-state index in [1.54, 1.807) is 6.07 Å². The van der Waals surface area contributed by atoms with Crippen LogP contribution >= 0.6 is 0 Å². The van der Waals surface area contributed by atoms with Gasteiger partial charge in [0.25, 0.3) is 0 Å². The Balaban J connectivity index is 2.22. The lowest BCUT2D eigenvalue weighted by Crippen LogP contribution is -2.43. The maximum atomic E-state index is 8.95. The van der Waals surface area contributed by atoms with Gasteiger partial charge in [0, 0.05) is 18.8 Å². The molecule has 1 aliphatic rings. The molecule has 2 unspecified atom stereocenters. The summed E-state index contributed by atoms with van der Waals surface area (Å²) in [6.07, 6.45) is 1.10. The molecule has 1 aromatic heterocycles. The Morgan fingerprint density at radius 3 is 3.00 bits per heavy atom. The van der Waals surface area contributed by atoms with Crippen LogP contribution in [0.3, 0.4) is 0 Å². The predicted octanol–water partition coefficient (Wildman–Crippen LogP) is 1.08. The van der Waals surface area contributed by atoms with E-state index in [4.69, 9.17) is 11.0 Å². The van der Waals surface area contributed by atoms with Crippen molar-refractivity contribution < 1.29 is 0 Å². The second-order valence-electron chi connectivity index (χ2n) is 5.01. The van der Waals surface area contributed by atoms with Crippen LogP contribution in [-0.2, 0) is 0 Å². The quantitative estimate of drug-likeness (QED) is 0.843. The van der Waals surface area contributed by atoms with E-state index in [-0.39, 0.29) is 0 Å². The highest BCUT2D eigenvalue weighted by Crippen LogP contribution is 2.25. The van der Waals surface area contributed by atoms with E-state index in [0.717, 1.165) is 25.2 Å². The second kappa shape index (κ2) is 5.32. The third kappa shape index (κ3) is 2.59. The smallest absolute Gasteiger partial charge is 0.226 e. The average molecular weight is 245 g/mol. The Morgan fingerprint density at radius 2 is 2.33 bits per heavy atom. The number of aromatic nitrogens is 2. The molecule has 1 fully saturated rings. The molecular formula is C13H19N5. The Labute approximate surface area is 108 Å². The third-order valence-corrected chi connectivity index (χ3v) is 3.66. The Hall–Kier alpha value is -1.67. The molecule has 1 aliphatic heterocycles. The molecule has 0 saturated carbocycles. The van der Waals surface area contributed by atoms with E-state index < -0.39 is 0 Å². The van der Waals surface area contributed by atoms with E-state index in [2.05, 4.69) is 27.9 Å². The summed E-state index contributed by atoms with van der Waals surface area (Å²) in [4.78, 5) is 10.8. The minimum atomic E-state index is 0.431. The summed E-state index contributed by atoms with van der Waals surface area (Å²) in [6, 6.07) is 3.78. The van der Waals surface area contributed by atoms with Crippen molar-refractivity contribution in [2.75, 3.05) is 24.5 Å². The lowest BCUT2D eigenvalue weighted by Gasteiger charge is -2.36. The van der Waals surface area contributed by atoms with Gasteiger partial charge < -0.3 is 10.6 Å². The van der Waals surface area contributed by atoms with Crippen LogP contribution in [0.2, 0.25) is 0 Å². The minimum Gasteiger partial charge on any atom is -0.340 e. The van der Waals surface area contributed by atoms with Gasteiger partial charge in [0.05, 0.1) is 0 Å². The van der Waals surface area contributed by atoms with Crippen LogP contribution in [0.4, 0.5) is 5.95 Å². The lowest BCUT2D eigenvalue weighted by atomic mass is 9.87. The molecule has 2 heterocycles. The first kappa shape index (κ1) is 12.8. The molecule has 2 rings (SSSR count). The van der Waals surface area contributed by atoms with Gasteiger partial charge in [-0.15, -0.1) is 0 Å². The van der Waals surface area contributed by atoms with Gasteiger partial charge in [-0.25, -0.2) is 9.97 Å². The molecule has 0 amide bonds. The molecule has 2 atom stereocenters. The van der Waals surface area contributed by atoms with Crippen molar-refractivity contribution in [2.45, 2.75) is 20.3 Å². The number of piperidine rings is 1. The third-order valence-electron chi connectivity index (χ3n) is 3.66. The van der Waals surface area contributed by atoms with Crippen molar-refractivity contribution in [3.05, 3.63) is 17.5 Å². The number of nitrogens with two attached hydrogens (primary N) is 1. The summed E-state index contributed by atoms with van der Waals surface area (Å²) >= 11 is 0. The van der Waals surface area contributed by atoms with E-state index in [0.29, 0.717) is 30.0 Å². The molecule has 0 bridgehead atoms. The van der Waals surface area contributed by atoms with E-state index in [1.165, 1.54) is 0 Å². The molecule has 0 aromatic carbocycles. The van der Waals surface area contributed by atoms with Gasteiger partial charge in [-0.1, -0.05) is 6.92 Å². The summed E-state index contributed by atoms with van der Waals surface area (Å²) in [5.41, 5.74) is 7.06. The summed E-state index contributed by atoms with van der Waals surface area (Å²) in [5.74, 6) is 1.79. The normalized spacial score (nSPS) is 23.8. The minimum absolute atomic E-state index is 0.431. The molecule has 96 valence electrons. The average Bonchev–Trinajstić information content (AvgIpc) is 2.38. The Morgan fingerprint density at radius 1 is 1.56 bits per heavy atom. The number of nitrogens with zero attached hydrogens (tertiary/aromatic N) is 4. The fourth-order valence-corrected chi connectivity index (χ4v) is 2.39. The molecule has 5 nitrogen and oxygen atoms in total. The molecule has 0 spiro atoms. The maximum Gasteiger partial charge on any atom is 0.226 e. The first-order chi connectivity index (χ1) is 8.63. The molecule has 1 saturated heterocycles. The summed E-state index contributed by atoms with van der Waals surface area (Å²) in [6.45, 7) is 6.64. The number of hydrogen-bond donors (Lipinski definition) is 1. The number of nitriles is 1. The van der Waals surface area contributed by atoms with Crippen LogP contribution in [0, 0.1) is 30.1 Å². The van der Waals surface area contributed by atoms with Gasteiger partial charge in [-0.05, 0) is 37.8 Å². The first-order valence-corrected chi connectivity index (χ1v) is 6.35. The first-order valence-electron chi connectivity index (χ1n) is 6.35. The van der Waals surface area contributed by atoms with Gasteiger partial charge >= 0.3 is 0 Å². The molecular weight excluding hydrogens is 226 g/mol. The fraction of sp³-hybridized carbons (Fsp3) is 0.615. The van der Waals surface area contributed by atoms with E-state index in [9.17, 15) is 0 Å². The monoisotopic (exact) mass is 245 g/mol. The van der Waals surface area contributed by atoms with Gasteiger partial charge in [-0.2, -0.15) is 5.26 Å². The highest BCUT2D eigenvalue weighted by atomic mass is 15.3. The highest BCUT2D eigenvalue weighted by molar-refractivity contribution is 5.36. The Kier molecular flexibility index (Phi) is 3.78. The number of anilines is 1. The topological polar surface area (TPSA) is 78.8 Å². The fourth-order valence-electron chi connectivity index (χ4n) is 2.39. The zero-order chi connectivity index (χ0) is 13.1. The summed E-state index contributed by atoms with van der Waals surface area (Å²) < 4.78 is 0. The van der Waals surface area contributed by atoms with Crippen LogP contribution < -0.4 is 10.6 Å². The summed E-state index contributed by atoms with van der Waals surface area (Å²) in [7, 11) is 0. The van der Waals surface area contributed by atoms with Crippen LogP contribution in [-0.4, -0.2) is 29.6 Å². The van der Waals surface area contributed by atoms with Crippen molar-refractivity contribution in [3.8, 4) is 6.07 Å². The molecule has 2 N–H and O–H groups in total. The molecule has 1 aromatic rings.